The molecule has 2 atom stereocenters. The van der Waals surface area contributed by atoms with Gasteiger partial charge >= 0.3 is 0 Å². The first kappa shape index (κ1) is 10.5. The third-order valence-electron chi connectivity index (χ3n) is 2.28. The molecule has 0 aliphatic carbocycles. The van der Waals surface area contributed by atoms with E-state index in [4.69, 9.17) is 0 Å². The molecule has 1 saturated heterocycles. The van der Waals surface area contributed by atoms with Gasteiger partial charge in [0, 0.05) is 17.6 Å². The quantitative estimate of drug-likeness (QED) is 0.670. The number of β-amino-alcohol motifs (C(OH)–C–C–N with tert-alkyl or cyclic N) is 1. The number of amides is 1. The lowest BCUT2D eigenvalue weighted by Crippen LogP contribution is -2.35. The van der Waals surface area contributed by atoms with Crippen LogP contribution in [0.1, 0.15) is 11.3 Å². The van der Waals surface area contributed by atoms with Crippen LogP contribution in [0.4, 0.5) is 5.13 Å². The van der Waals surface area contributed by atoms with Gasteiger partial charge in [0.25, 0.3) is 0 Å². The van der Waals surface area contributed by atoms with Gasteiger partial charge in [0.2, 0.25) is 5.91 Å². The molecule has 82 valence electrons. The van der Waals surface area contributed by atoms with Crippen LogP contribution in [-0.4, -0.2) is 34.7 Å². The predicted octanol–water partition coefficient (Wildman–Crippen LogP) is 0.113. The number of aliphatic hydroxyl groups is 1. The zero-order chi connectivity index (χ0) is 10.8. The number of hydrogen-bond donors (Lipinski definition) is 3. The molecule has 1 aromatic rings. The summed E-state index contributed by atoms with van der Waals surface area (Å²) in [5, 5.41) is 15.5. The molecule has 6 heteroatoms. The van der Waals surface area contributed by atoms with E-state index >= 15 is 0 Å². The summed E-state index contributed by atoms with van der Waals surface area (Å²) >= 11 is 1.44. The summed E-state index contributed by atoms with van der Waals surface area (Å²) in [6.45, 7) is 2.42. The summed E-state index contributed by atoms with van der Waals surface area (Å²) < 4.78 is 0. The van der Waals surface area contributed by atoms with Crippen LogP contribution in [0.3, 0.4) is 0 Å². The van der Waals surface area contributed by atoms with Crippen molar-refractivity contribution >= 4 is 22.4 Å². The van der Waals surface area contributed by atoms with E-state index in [1.807, 2.05) is 6.92 Å². The van der Waals surface area contributed by atoms with Crippen molar-refractivity contribution in [2.75, 3.05) is 11.9 Å². The van der Waals surface area contributed by atoms with Crippen molar-refractivity contribution in [1.82, 2.24) is 10.3 Å². The van der Waals surface area contributed by atoms with Gasteiger partial charge in [0.1, 0.15) is 0 Å². The summed E-state index contributed by atoms with van der Waals surface area (Å²) in [7, 11) is 0. The lowest BCUT2D eigenvalue weighted by molar-refractivity contribution is -0.117. The van der Waals surface area contributed by atoms with Crippen LogP contribution in [-0.2, 0) is 4.79 Å². The minimum atomic E-state index is -0.418. The molecule has 0 unspecified atom stereocenters. The van der Waals surface area contributed by atoms with Crippen molar-refractivity contribution in [2.24, 2.45) is 0 Å². The maximum atomic E-state index is 11.7. The van der Waals surface area contributed by atoms with Gasteiger partial charge in [-0.1, -0.05) is 0 Å². The number of nitrogens with zero attached hydrogens (tertiary/aromatic N) is 1. The molecule has 0 bridgehead atoms. The second-order valence-electron chi connectivity index (χ2n) is 3.62. The Labute approximate surface area is 91.5 Å². The Balaban J connectivity index is 1.92. The van der Waals surface area contributed by atoms with Gasteiger partial charge in [0.15, 0.2) is 5.13 Å². The zero-order valence-corrected chi connectivity index (χ0v) is 9.17. The van der Waals surface area contributed by atoms with E-state index in [1.54, 1.807) is 6.20 Å². The molecule has 1 amide bonds. The molecule has 5 nitrogen and oxygen atoms in total. The number of aliphatic hydroxyl groups excluding tert-OH is 1. The number of rotatable bonds is 2. The molecule has 0 spiro atoms. The third kappa shape index (κ3) is 2.53. The number of hydrogen-bond acceptors (Lipinski definition) is 5. The molecule has 1 aromatic heterocycles. The molecular formula is C9H13N3O2S. The third-order valence-corrected chi connectivity index (χ3v) is 3.10. The van der Waals surface area contributed by atoms with E-state index in [0.717, 1.165) is 4.88 Å². The minimum absolute atomic E-state index is 0.124. The van der Waals surface area contributed by atoms with Crippen molar-refractivity contribution < 1.29 is 9.90 Å². The van der Waals surface area contributed by atoms with Crippen molar-refractivity contribution in [2.45, 2.75) is 25.5 Å². The molecule has 0 aromatic carbocycles. The number of aryl methyl sites for hydroxylation is 1. The second-order valence-corrected chi connectivity index (χ2v) is 4.85. The fraction of sp³-hybridized carbons (Fsp3) is 0.556. The first-order chi connectivity index (χ1) is 7.15. The summed E-state index contributed by atoms with van der Waals surface area (Å²) in [6.07, 6.45) is 1.77. The Morgan fingerprint density at radius 2 is 2.60 bits per heavy atom. The summed E-state index contributed by atoms with van der Waals surface area (Å²) in [4.78, 5) is 16.8. The Morgan fingerprint density at radius 1 is 1.80 bits per heavy atom. The SMILES string of the molecule is Cc1cnc(NC(=O)[C@H]2C[C@H](O)CN2)s1. The van der Waals surface area contributed by atoms with Gasteiger partial charge in [-0.05, 0) is 13.3 Å². The van der Waals surface area contributed by atoms with Gasteiger partial charge in [0.05, 0.1) is 12.1 Å². The highest BCUT2D eigenvalue weighted by Crippen LogP contribution is 2.17. The molecule has 3 N–H and O–H groups in total. The lowest BCUT2D eigenvalue weighted by atomic mass is 10.2. The van der Waals surface area contributed by atoms with E-state index in [9.17, 15) is 9.90 Å². The van der Waals surface area contributed by atoms with E-state index in [2.05, 4.69) is 15.6 Å². The number of anilines is 1. The Bertz CT molecular complexity index is 366. The average Bonchev–Trinajstić information content (AvgIpc) is 2.75. The monoisotopic (exact) mass is 227 g/mol. The average molecular weight is 227 g/mol. The predicted molar refractivity (Wildman–Crippen MR) is 57.9 cm³/mol. The first-order valence-electron chi connectivity index (χ1n) is 4.80. The van der Waals surface area contributed by atoms with Gasteiger partial charge in [-0.25, -0.2) is 4.98 Å². The largest absolute Gasteiger partial charge is 0.392 e. The topological polar surface area (TPSA) is 74.2 Å². The minimum Gasteiger partial charge on any atom is -0.392 e. The van der Waals surface area contributed by atoms with E-state index in [-0.39, 0.29) is 11.9 Å². The molecule has 0 radical (unpaired) electrons. The fourth-order valence-electron chi connectivity index (χ4n) is 1.52. The summed E-state index contributed by atoms with van der Waals surface area (Å²) in [6, 6.07) is -0.302. The van der Waals surface area contributed by atoms with E-state index < -0.39 is 6.10 Å². The maximum Gasteiger partial charge on any atom is 0.243 e. The molecular weight excluding hydrogens is 214 g/mol. The van der Waals surface area contributed by atoms with Gasteiger partial charge in [-0.2, -0.15) is 0 Å². The van der Waals surface area contributed by atoms with Crippen LogP contribution in [0.2, 0.25) is 0 Å². The van der Waals surface area contributed by atoms with Crippen LogP contribution < -0.4 is 10.6 Å². The van der Waals surface area contributed by atoms with Gasteiger partial charge in [-0.3, -0.25) is 4.79 Å². The maximum absolute atomic E-state index is 11.7. The van der Waals surface area contributed by atoms with Crippen molar-refractivity contribution in [3.63, 3.8) is 0 Å². The summed E-state index contributed by atoms with van der Waals surface area (Å²) in [5.41, 5.74) is 0. The molecule has 2 heterocycles. The van der Waals surface area contributed by atoms with Crippen LogP contribution in [0.25, 0.3) is 0 Å². The van der Waals surface area contributed by atoms with Crippen LogP contribution in [0.5, 0.6) is 0 Å². The fourth-order valence-corrected chi connectivity index (χ4v) is 2.19. The van der Waals surface area contributed by atoms with Gasteiger partial charge in [-0.15, -0.1) is 11.3 Å². The number of nitrogens with one attached hydrogen (secondary N) is 2. The number of aromatic nitrogens is 1. The van der Waals surface area contributed by atoms with E-state index in [1.165, 1.54) is 11.3 Å². The lowest BCUT2D eigenvalue weighted by Gasteiger charge is -2.08. The highest BCUT2D eigenvalue weighted by Gasteiger charge is 2.28. The number of thiazole rings is 1. The van der Waals surface area contributed by atoms with Crippen LogP contribution >= 0.6 is 11.3 Å². The first-order valence-corrected chi connectivity index (χ1v) is 5.61. The van der Waals surface area contributed by atoms with Crippen LogP contribution in [0, 0.1) is 6.92 Å². The molecule has 1 aliphatic heterocycles. The Kier molecular flexibility index (Phi) is 2.99. The van der Waals surface area contributed by atoms with Crippen molar-refractivity contribution in [1.29, 1.82) is 0 Å². The van der Waals surface area contributed by atoms with E-state index in [0.29, 0.717) is 18.1 Å². The summed E-state index contributed by atoms with van der Waals surface area (Å²) in [5.74, 6) is -0.124. The molecule has 0 saturated carbocycles. The molecule has 1 fully saturated rings. The standard InChI is InChI=1S/C9H13N3O2S/c1-5-3-11-9(15-5)12-8(14)7-2-6(13)4-10-7/h3,6-7,10,13H,2,4H2,1H3,(H,11,12,14)/t6-,7+/m0/s1. The molecule has 2 rings (SSSR count). The molecule has 15 heavy (non-hydrogen) atoms. The Morgan fingerprint density at radius 3 is 3.13 bits per heavy atom. The normalized spacial score (nSPS) is 25.5. The highest BCUT2D eigenvalue weighted by molar-refractivity contribution is 7.15. The zero-order valence-electron chi connectivity index (χ0n) is 8.36. The van der Waals surface area contributed by atoms with Crippen molar-refractivity contribution in [3.8, 4) is 0 Å². The highest BCUT2D eigenvalue weighted by atomic mass is 32.1. The Hall–Kier alpha value is -0.980. The number of carbonyl (C=O) groups is 1. The van der Waals surface area contributed by atoms with Crippen LogP contribution in [0.15, 0.2) is 6.20 Å². The smallest absolute Gasteiger partial charge is 0.243 e. The molecule has 1 aliphatic rings. The van der Waals surface area contributed by atoms with Gasteiger partial charge < -0.3 is 15.7 Å². The van der Waals surface area contributed by atoms with Crippen molar-refractivity contribution in [3.05, 3.63) is 11.1 Å². The number of carbonyl (C=O) groups excluding carboxylic acids is 1. The second kappa shape index (κ2) is 4.26.